The quantitative estimate of drug-likeness (QED) is 0.870. The average Bonchev–Trinajstić information content (AvgIpc) is 2.78. The van der Waals surface area contributed by atoms with Gasteiger partial charge < -0.3 is 5.32 Å². The Bertz CT molecular complexity index is 554. The zero-order chi connectivity index (χ0) is 17.2. The van der Waals surface area contributed by atoms with Crippen molar-refractivity contribution in [2.75, 3.05) is 0 Å². The fourth-order valence-electron chi connectivity index (χ4n) is 2.97. The van der Waals surface area contributed by atoms with Crippen molar-refractivity contribution >= 4 is 17.2 Å². The average molecular weight is 348 g/mol. The van der Waals surface area contributed by atoms with Gasteiger partial charge in [-0.3, -0.25) is 4.79 Å². The van der Waals surface area contributed by atoms with Gasteiger partial charge in [0.05, 0.1) is 16.6 Å². The van der Waals surface area contributed by atoms with Gasteiger partial charge >= 0.3 is 6.18 Å². The summed E-state index contributed by atoms with van der Waals surface area (Å²) in [5, 5.41) is 3.68. The molecule has 2 unspecified atom stereocenters. The summed E-state index contributed by atoms with van der Waals surface area (Å²) in [6.45, 7) is 5.93. The molecular weight excluding hydrogens is 325 g/mol. The lowest BCUT2D eigenvalue weighted by atomic mass is 9.85. The normalized spacial score (nSPS) is 22.4. The molecule has 0 aromatic carbocycles. The molecule has 1 heterocycles. The monoisotopic (exact) mass is 348 g/mol. The zero-order valence-electron chi connectivity index (χ0n) is 13.7. The number of halogens is 3. The SMILES string of the molecule is Cc1nc(CC(C)C)sc1C(=O)NC1CCCC(C(F)(F)F)C1. The fraction of sp³-hybridized carbons (Fsp3) is 0.750. The van der Waals surface area contributed by atoms with Crippen molar-refractivity contribution in [1.82, 2.24) is 10.3 Å². The van der Waals surface area contributed by atoms with Gasteiger partial charge in [-0.1, -0.05) is 20.3 Å². The van der Waals surface area contributed by atoms with Gasteiger partial charge in [-0.15, -0.1) is 11.3 Å². The topological polar surface area (TPSA) is 42.0 Å². The molecule has 1 aromatic rings. The van der Waals surface area contributed by atoms with Crippen molar-refractivity contribution in [3.8, 4) is 0 Å². The highest BCUT2D eigenvalue weighted by Crippen LogP contribution is 2.37. The molecular formula is C16H23F3N2OS. The van der Waals surface area contributed by atoms with Gasteiger partial charge in [0.1, 0.15) is 4.88 Å². The first-order chi connectivity index (χ1) is 10.7. The largest absolute Gasteiger partial charge is 0.391 e. The van der Waals surface area contributed by atoms with Crippen LogP contribution in [-0.2, 0) is 6.42 Å². The van der Waals surface area contributed by atoms with Crippen molar-refractivity contribution in [3.63, 3.8) is 0 Å². The van der Waals surface area contributed by atoms with Gasteiger partial charge in [0.2, 0.25) is 0 Å². The molecule has 3 nitrogen and oxygen atoms in total. The molecule has 2 atom stereocenters. The molecule has 23 heavy (non-hydrogen) atoms. The Morgan fingerprint density at radius 2 is 2.09 bits per heavy atom. The van der Waals surface area contributed by atoms with Crippen LogP contribution in [0, 0.1) is 18.8 Å². The number of rotatable bonds is 4. The molecule has 0 bridgehead atoms. The number of carbonyl (C=O) groups is 1. The van der Waals surface area contributed by atoms with E-state index >= 15 is 0 Å². The lowest BCUT2D eigenvalue weighted by Crippen LogP contribution is -2.41. The van der Waals surface area contributed by atoms with Crippen LogP contribution >= 0.6 is 11.3 Å². The standard InChI is InChI=1S/C16H23F3N2OS/c1-9(2)7-13-20-10(3)14(23-13)15(22)21-12-6-4-5-11(8-12)16(17,18)19/h9,11-12H,4-8H2,1-3H3,(H,21,22). The molecule has 1 amide bonds. The summed E-state index contributed by atoms with van der Waals surface area (Å²) in [6.07, 6.45) is -2.13. The van der Waals surface area contributed by atoms with Crippen LogP contribution in [0.5, 0.6) is 0 Å². The van der Waals surface area contributed by atoms with E-state index in [-0.39, 0.29) is 18.7 Å². The Hall–Kier alpha value is -1.11. The van der Waals surface area contributed by atoms with E-state index in [0.717, 1.165) is 11.4 Å². The van der Waals surface area contributed by atoms with E-state index in [4.69, 9.17) is 0 Å². The van der Waals surface area contributed by atoms with Crippen molar-refractivity contribution in [2.45, 2.75) is 65.1 Å². The Morgan fingerprint density at radius 3 is 2.70 bits per heavy atom. The van der Waals surface area contributed by atoms with E-state index < -0.39 is 18.1 Å². The molecule has 1 aromatic heterocycles. The summed E-state index contributed by atoms with van der Waals surface area (Å²) in [5.74, 6) is -1.15. The van der Waals surface area contributed by atoms with Crippen molar-refractivity contribution < 1.29 is 18.0 Å². The maximum absolute atomic E-state index is 12.8. The third-order valence-electron chi connectivity index (χ3n) is 4.10. The lowest BCUT2D eigenvalue weighted by Gasteiger charge is -2.30. The number of alkyl halides is 3. The first kappa shape index (κ1) is 18.2. The number of thiazole rings is 1. The van der Waals surface area contributed by atoms with Crippen LogP contribution in [-0.4, -0.2) is 23.1 Å². The van der Waals surface area contributed by atoms with Gasteiger partial charge in [-0.2, -0.15) is 13.2 Å². The number of amides is 1. The molecule has 7 heteroatoms. The second kappa shape index (κ2) is 7.20. The highest BCUT2D eigenvalue weighted by atomic mass is 32.1. The fourth-order valence-corrected chi connectivity index (χ4v) is 4.15. The number of hydrogen-bond donors (Lipinski definition) is 1. The number of aromatic nitrogens is 1. The summed E-state index contributed by atoms with van der Waals surface area (Å²) in [7, 11) is 0. The van der Waals surface area contributed by atoms with Crippen LogP contribution in [0.1, 0.15) is 59.9 Å². The van der Waals surface area contributed by atoms with E-state index in [2.05, 4.69) is 24.1 Å². The van der Waals surface area contributed by atoms with Gasteiger partial charge in [0.15, 0.2) is 0 Å². The molecule has 2 rings (SSSR count). The minimum absolute atomic E-state index is 0.0219. The first-order valence-corrected chi connectivity index (χ1v) is 8.82. The summed E-state index contributed by atoms with van der Waals surface area (Å²) >= 11 is 1.35. The molecule has 130 valence electrons. The third-order valence-corrected chi connectivity index (χ3v) is 5.28. The summed E-state index contributed by atoms with van der Waals surface area (Å²) in [4.78, 5) is 17.3. The molecule has 0 aliphatic heterocycles. The second-order valence-corrected chi connectivity index (χ2v) is 7.78. The lowest BCUT2D eigenvalue weighted by molar-refractivity contribution is -0.183. The van der Waals surface area contributed by atoms with Crippen LogP contribution in [0.3, 0.4) is 0 Å². The molecule has 1 saturated carbocycles. The Morgan fingerprint density at radius 1 is 1.39 bits per heavy atom. The third kappa shape index (κ3) is 4.93. The zero-order valence-corrected chi connectivity index (χ0v) is 14.5. The van der Waals surface area contributed by atoms with Gasteiger partial charge in [-0.05, 0) is 32.1 Å². The maximum atomic E-state index is 12.8. The minimum Gasteiger partial charge on any atom is -0.349 e. The van der Waals surface area contributed by atoms with Crippen LogP contribution < -0.4 is 5.32 Å². The number of hydrogen-bond acceptors (Lipinski definition) is 3. The molecule has 1 fully saturated rings. The Kier molecular flexibility index (Phi) is 5.70. The highest BCUT2D eigenvalue weighted by Gasteiger charge is 2.42. The van der Waals surface area contributed by atoms with E-state index in [1.54, 1.807) is 6.92 Å². The molecule has 1 N–H and O–H groups in total. The molecule has 1 aliphatic rings. The molecule has 0 spiro atoms. The number of nitrogens with one attached hydrogen (secondary N) is 1. The Balaban J connectivity index is 2.00. The Labute approximate surface area is 138 Å². The summed E-state index contributed by atoms with van der Waals surface area (Å²) < 4.78 is 38.5. The second-order valence-electron chi connectivity index (χ2n) is 6.70. The predicted octanol–water partition coefficient (Wildman–Crippen LogP) is 4.50. The first-order valence-electron chi connectivity index (χ1n) is 8.00. The summed E-state index contributed by atoms with van der Waals surface area (Å²) in [5.41, 5.74) is 0.659. The van der Waals surface area contributed by atoms with E-state index in [1.165, 1.54) is 11.3 Å². The predicted molar refractivity (Wildman–Crippen MR) is 84.7 cm³/mol. The van der Waals surface area contributed by atoms with Gasteiger partial charge in [0.25, 0.3) is 5.91 Å². The van der Waals surface area contributed by atoms with Crippen LogP contribution in [0.4, 0.5) is 13.2 Å². The summed E-state index contributed by atoms with van der Waals surface area (Å²) in [6, 6.07) is -0.405. The van der Waals surface area contributed by atoms with E-state index in [0.29, 0.717) is 29.3 Å². The highest BCUT2D eigenvalue weighted by molar-refractivity contribution is 7.13. The molecule has 0 radical (unpaired) electrons. The van der Waals surface area contributed by atoms with Crippen molar-refractivity contribution in [3.05, 3.63) is 15.6 Å². The number of carbonyl (C=O) groups excluding carboxylic acids is 1. The van der Waals surface area contributed by atoms with Gasteiger partial charge in [-0.25, -0.2) is 4.98 Å². The molecule has 0 saturated heterocycles. The van der Waals surface area contributed by atoms with E-state index in [1.807, 2.05) is 0 Å². The minimum atomic E-state index is -4.17. The smallest absolute Gasteiger partial charge is 0.349 e. The number of nitrogens with zero attached hydrogens (tertiary/aromatic N) is 1. The number of aryl methyl sites for hydroxylation is 1. The van der Waals surface area contributed by atoms with Crippen LogP contribution in [0.15, 0.2) is 0 Å². The van der Waals surface area contributed by atoms with Crippen LogP contribution in [0.25, 0.3) is 0 Å². The van der Waals surface area contributed by atoms with Crippen LogP contribution in [0.2, 0.25) is 0 Å². The van der Waals surface area contributed by atoms with Crippen molar-refractivity contribution in [2.24, 2.45) is 11.8 Å². The van der Waals surface area contributed by atoms with Gasteiger partial charge in [0, 0.05) is 12.5 Å². The van der Waals surface area contributed by atoms with Crippen molar-refractivity contribution in [1.29, 1.82) is 0 Å². The maximum Gasteiger partial charge on any atom is 0.391 e. The molecule has 1 aliphatic carbocycles. The van der Waals surface area contributed by atoms with E-state index in [9.17, 15) is 18.0 Å².